The quantitative estimate of drug-likeness (QED) is 0.416. The highest BCUT2D eigenvalue weighted by Gasteiger charge is 2.10. The van der Waals surface area contributed by atoms with E-state index in [1.165, 1.54) is 12.8 Å². The summed E-state index contributed by atoms with van der Waals surface area (Å²) in [7, 11) is 5.53. The van der Waals surface area contributed by atoms with Crippen LogP contribution in [-0.2, 0) is 0 Å². The first-order valence-corrected chi connectivity index (χ1v) is 3.28. The zero-order chi connectivity index (χ0) is 5.98. The van der Waals surface area contributed by atoms with Crippen LogP contribution in [0.4, 0.5) is 0 Å². The molecular formula is C6H12BN. The number of hydrogen-bond acceptors (Lipinski definition) is 1. The molecule has 44 valence electrons. The van der Waals surface area contributed by atoms with E-state index in [1.54, 1.807) is 0 Å². The van der Waals surface area contributed by atoms with Gasteiger partial charge < -0.3 is 4.81 Å². The molecule has 0 aromatic carbocycles. The zero-order valence-corrected chi connectivity index (χ0v) is 5.43. The lowest BCUT2D eigenvalue weighted by atomic mass is 9.97. The molecule has 2 radical (unpaired) electrons. The molecule has 0 bridgehead atoms. The Kier molecular flexibility index (Phi) is 1.95. The Hall–Kier alpha value is 0.0249. The van der Waals surface area contributed by atoms with Gasteiger partial charge in [0.25, 0.3) is 0 Å². The lowest BCUT2D eigenvalue weighted by molar-refractivity contribution is 0.298. The summed E-state index contributed by atoms with van der Waals surface area (Å²) >= 11 is 0. The van der Waals surface area contributed by atoms with Gasteiger partial charge in [-0.3, -0.25) is 0 Å². The summed E-state index contributed by atoms with van der Waals surface area (Å²) in [6.45, 7) is 4.45. The van der Waals surface area contributed by atoms with Crippen molar-refractivity contribution < 1.29 is 0 Å². The maximum absolute atomic E-state index is 5.53. The fraction of sp³-hybridized carbons (Fsp3) is 1.00. The van der Waals surface area contributed by atoms with Crippen molar-refractivity contribution in [1.29, 1.82) is 0 Å². The molecule has 1 heterocycles. The standard InChI is InChI=1S/C6H12BN/c1-6-2-4-8(7)5-3-6/h6H,2-5H2,1H3. The van der Waals surface area contributed by atoms with Gasteiger partial charge >= 0.3 is 0 Å². The molecule has 0 saturated carbocycles. The summed E-state index contributed by atoms with van der Waals surface area (Å²) in [6, 6.07) is 0. The molecule has 0 unspecified atom stereocenters. The van der Waals surface area contributed by atoms with Crippen molar-refractivity contribution in [1.82, 2.24) is 4.81 Å². The van der Waals surface area contributed by atoms with Crippen LogP contribution in [0.5, 0.6) is 0 Å². The Bertz CT molecular complexity index is 56.9. The van der Waals surface area contributed by atoms with Gasteiger partial charge in [0.05, 0.1) is 0 Å². The van der Waals surface area contributed by atoms with Gasteiger partial charge in [0.15, 0.2) is 7.98 Å². The lowest BCUT2D eigenvalue weighted by Gasteiger charge is -2.26. The second-order valence-electron chi connectivity index (χ2n) is 2.72. The fourth-order valence-electron chi connectivity index (χ4n) is 1.03. The molecule has 0 aliphatic carbocycles. The van der Waals surface area contributed by atoms with E-state index in [1.807, 2.05) is 4.81 Å². The summed E-state index contributed by atoms with van der Waals surface area (Å²) in [6.07, 6.45) is 2.55. The molecule has 0 amide bonds. The van der Waals surface area contributed by atoms with Crippen molar-refractivity contribution in [3.8, 4) is 0 Å². The normalized spacial score (nSPS) is 26.1. The number of piperidine rings is 1. The van der Waals surface area contributed by atoms with Crippen molar-refractivity contribution in [3.63, 3.8) is 0 Å². The third-order valence-electron chi connectivity index (χ3n) is 1.82. The molecular weight excluding hydrogens is 96.9 g/mol. The summed E-state index contributed by atoms with van der Waals surface area (Å²) < 4.78 is 0. The first-order chi connectivity index (χ1) is 3.79. The van der Waals surface area contributed by atoms with Gasteiger partial charge in [-0.2, -0.15) is 0 Å². The second kappa shape index (κ2) is 2.54. The van der Waals surface area contributed by atoms with Crippen molar-refractivity contribution in [2.24, 2.45) is 5.92 Å². The Morgan fingerprint density at radius 2 is 1.88 bits per heavy atom. The van der Waals surface area contributed by atoms with Crippen LogP contribution in [0.15, 0.2) is 0 Å². The molecule has 1 aliphatic heterocycles. The average molecular weight is 109 g/mol. The number of nitrogens with zero attached hydrogens (tertiary/aromatic N) is 1. The monoisotopic (exact) mass is 109 g/mol. The predicted octanol–water partition coefficient (Wildman–Crippen LogP) is 0.802. The topological polar surface area (TPSA) is 3.24 Å². The Balaban J connectivity index is 2.19. The van der Waals surface area contributed by atoms with E-state index in [9.17, 15) is 0 Å². The van der Waals surface area contributed by atoms with Crippen LogP contribution in [0.2, 0.25) is 0 Å². The molecule has 2 heteroatoms. The molecule has 1 fully saturated rings. The van der Waals surface area contributed by atoms with Crippen LogP contribution >= 0.6 is 0 Å². The van der Waals surface area contributed by atoms with Crippen molar-refractivity contribution in [3.05, 3.63) is 0 Å². The predicted molar refractivity (Wildman–Crippen MR) is 35.7 cm³/mol. The third-order valence-corrected chi connectivity index (χ3v) is 1.82. The van der Waals surface area contributed by atoms with E-state index in [0.717, 1.165) is 19.0 Å². The molecule has 8 heavy (non-hydrogen) atoms. The number of hydrogen-bond donors (Lipinski definition) is 0. The van der Waals surface area contributed by atoms with Gasteiger partial charge in [0.2, 0.25) is 0 Å². The van der Waals surface area contributed by atoms with Gasteiger partial charge in [-0.05, 0) is 31.8 Å². The van der Waals surface area contributed by atoms with Crippen molar-refractivity contribution in [2.45, 2.75) is 19.8 Å². The summed E-state index contributed by atoms with van der Waals surface area (Å²) in [4.78, 5) is 1.90. The van der Waals surface area contributed by atoms with Crippen molar-refractivity contribution in [2.75, 3.05) is 13.1 Å². The Morgan fingerprint density at radius 3 is 2.25 bits per heavy atom. The molecule has 0 N–H and O–H groups in total. The summed E-state index contributed by atoms with van der Waals surface area (Å²) in [5.41, 5.74) is 0. The summed E-state index contributed by atoms with van der Waals surface area (Å²) in [5.74, 6) is 0.898. The Labute approximate surface area is 52.5 Å². The molecule has 1 nitrogen and oxygen atoms in total. The minimum Gasteiger partial charge on any atom is -0.353 e. The fourth-order valence-corrected chi connectivity index (χ4v) is 1.03. The van der Waals surface area contributed by atoms with Gasteiger partial charge in [-0.25, -0.2) is 0 Å². The molecule has 0 atom stereocenters. The van der Waals surface area contributed by atoms with E-state index >= 15 is 0 Å². The maximum atomic E-state index is 5.53. The first-order valence-electron chi connectivity index (χ1n) is 3.28. The van der Waals surface area contributed by atoms with Gasteiger partial charge in [0, 0.05) is 0 Å². The van der Waals surface area contributed by atoms with Gasteiger partial charge in [-0.1, -0.05) is 6.92 Å². The largest absolute Gasteiger partial charge is 0.353 e. The van der Waals surface area contributed by atoms with E-state index in [2.05, 4.69) is 6.92 Å². The highest BCUT2D eigenvalue weighted by molar-refractivity contribution is 6.04. The smallest absolute Gasteiger partial charge is 0.182 e. The minimum atomic E-state index is 0.898. The first kappa shape index (κ1) is 6.15. The second-order valence-corrected chi connectivity index (χ2v) is 2.72. The molecule has 1 aliphatic rings. The molecule has 1 saturated heterocycles. The third kappa shape index (κ3) is 1.51. The van der Waals surface area contributed by atoms with Crippen LogP contribution in [0.1, 0.15) is 19.8 Å². The van der Waals surface area contributed by atoms with Crippen LogP contribution in [0, 0.1) is 5.92 Å². The van der Waals surface area contributed by atoms with Crippen LogP contribution in [0.3, 0.4) is 0 Å². The SMILES string of the molecule is [B]N1CCC(C)CC1. The average Bonchev–Trinajstić information content (AvgIpc) is 1.77. The summed E-state index contributed by atoms with van der Waals surface area (Å²) in [5, 5.41) is 0. The molecule has 0 spiro atoms. The Morgan fingerprint density at radius 1 is 1.38 bits per heavy atom. The van der Waals surface area contributed by atoms with Crippen LogP contribution in [-0.4, -0.2) is 25.9 Å². The molecule has 1 rings (SSSR count). The van der Waals surface area contributed by atoms with E-state index in [0.29, 0.717) is 0 Å². The van der Waals surface area contributed by atoms with E-state index in [-0.39, 0.29) is 0 Å². The van der Waals surface area contributed by atoms with E-state index in [4.69, 9.17) is 7.98 Å². The highest BCUT2D eigenvalue weighted by atomic mass is 15.0. The van der Waals surface area contributed by atoms with Crippen LogP contribution in [0.25, 0.3) is 0 Å². The molecule has 0 aromatic rings. The van der Waals surface area contributed by atoms with Gasteiger partial charge in [0.1, 0.15) is 0 Å². The maximum Gasteiger partial charge on any atom is 0.182 e. The zero-order valence-electron chi connectivity index (χ0n) is 5.43. The van der Waals surface area contributed by atoms with Gasteiger partial charge in [-0.15, -0.1) is 0 Å². The highest BCUT2D eigenvalue weighted by Crippen LogP contribution is 2.13. The number of rotatable bonds is 0. The lowest BCUT2D eigenvalue weighted by Crippen LogP contribution is -2.30. The minimum absolute atomic E-state index is 0.898. The molecule has 0 aromatic heterocycles. The van der Waals surface area contributed by atoms with Crippen LogP contribution < -0.4 is 0 Å². The van der Waals surface area contributed by atoms with E-state index < -0.39 is 0 Å². The van der Waals surface area contributed by atoms with Crippen molar-refractivity contribution >= 4 is 7.98 Å².